The van der Waals surface area contributed by atoms with Gasteiger partial charge in [-0.15, -0.1) is 0 Å². The zero-order chi connectivity index (χ0) is 23.1. The predicted octanol–water partition coefficient (Wildman–Crippen LogP) is 4.15. The van der Waals surface area contributed by atoms with Gasteiger partial charge < -0.3 is 24.3 Å². The minimum atomic E-state index is -0.0795. The number of methoxy groups -OCH3 is 2. The molecule has 0 unspecified atom stereocenters. The van der Waals surface area contributed by atoms with E-state index in [9.17, 15) is 4.79 Å². The van der Waals surface area contributed by atoms with E-state index >= 15 is 0 Å². The summed E-state index contributed by atoms with van der Waals surface area (Å²) in [6.07, 6.45) is 4.04. The largest absolute Gasteiger partial charge is 0.497 e. The van der Waals surface area contributed by atoms with E-state index in [0.717, 1.165) is 61.3 Å². The number of hydrogen-bond donors (Lipinski definition) is 1. The summed E-state index contributed by atoms with van der Waals surface area (Å²) in [5.74, 6) is 2.06. The van der Waals surface area contributed by atoms with Crippen LogP contribution in [0.15, 0.2) is 41.3 Å². The molecule has 1 aromatic carbocycles. The highest BCUT2D eigenvalue weighted by molar-refractivity contribution is 5.85. The van der Waals surface area contributed by atoms with Crippen molar-refractivity contribution in [3.05, 3.63) is 46.9 Å². The zero-order valence-electron chi connectivity index (χ0n) is 19.8. The summed E-state index contributed by atoms with van der Waals surface area (Å²) < 4.78 is 12.4. The Balaban J connectivity index is 1.80. The monoisotopic (exact) mass is 438 g/mol. The fraction of sp³-hybridized carbons (Fsp3) is 0.440. The Morgan fingerprint density at radius 1 is 1.00 bits per heavy atom. The molecule has 0 saturated heterocycles. The van der Waals surface area contributed by atoms with E-state index in [1.54, 1.807) is 31.9 Å². The Kier molecular flexibility index (Phi) is 8.11. The SMILES string of the molecule is CCN(CC)CCCCNc1cc2c(cn1)cc(-c1cc(OC)cc(OC)c1)c(=O)n2C. The third-order valence-electron chi connectivity index (χ3n) is 5.87. The molecule has 7 nitrogen and oxygen atoms in total. The lowest BCUT2D eigenvalue weighted by Gasteiger charge is -2.17. The number of anilines is 1. The van der Waals surface area contributed by atoms with Crippen LogP contribution < -0.4 is 20.3 Å². The van der Waals surface area contributed by atoms with Crippen LogP contribution in [-0.2, 0) is 7.05 Å². The predicted molar refractivity (Wildman–Crippen MR) is 131 cm³/mol. The second-order valence-electron chi connectivity index (χ2n) is 7.81. The van der Waals surface area contributed by atoms with E-state index in [2.05, 4.69) is 29.0 Å². The molecule has 172 valence electrons. The van der Waals surface area contributed by atoms with Crippen molar-refractivity contribution in [2.45, 2.75) is 26.7 Å². The first kappa shape index (κ1) is 23.6. The number of aromatic nitrogens is 2. The molecule has 32 heavy (non-hydrogen) atoms. The lowest BCUT2D eigenvalue weighted by Crippen LogP contribution is -2.24. The number of hydrogen-bond acceptors (Lipinski definition) is 6. The highest BCUT2D eigenvalue weighted by Gasteiger charge is 2.12. The van der Waals surface area contributed by atoms with E-state index in [-0.39, 0.29) is 5.56 Å². The van der Waals surface area contributed by atoms with Gasteiger partial charge >= 0.3 is 0 Å². The van der Waals surface area contributed by atoms with Gasteiger partial charge in [-0.1, -0.05) is 13.8 Å². The number of fused-ring (bicyclic) bond motifs is 1. The van der Waals surface area contributed by atoms with Crippen molar-refractivity contribution in [3.8, 4) is 22.6 Å². The molecule has 3 rings (SSSR count). The molecule has 0 saturated carbocycles. The number of nitrogens with one attached hydrogen (secondary N) is 1. The lowest BCUT2D eigenvalue weighted by molar-refractivity contribution is 0.298. The number of nitrogens with zero attached hydrogens (tertiary/aromatic N) is 3. The number of unbranched alkanes of at least 4 members (excludes halogenated alkanes) is 1. The number of ether oxygens (including phenoxy) is 2. The van der Waals surface area contributed by atoms with E-state index in [1.807, 2.05) is 30.5 Å². The van der Waals surface area contributed by atoms with Crippen LogP contribution in [0, 0.1) is 0 Å². The van der Waals surface area contributed by atoms with E-state index in [1.165, 1.54) is 0 Å². The first-order valence-electron chi connectivity index (χ1n) is 11.2. The average Bonchev–Trinajstić information content (AvgIpc) is 2.83. The molecule has 0 aliphatic heterocycles. The summed E-state index contributed by atoms with van der Waals surface area (Å²) in [5.41, 5.74) is 2.09. The van der Waals surface area contributed by atoms with Crippen molar-refractivity contribution >= 4 is 16.7 Å². The smallest absolute Gasteiger partial charge is 0.258 e. The van der Waals surface area contributed by atoms with Crippen LogP contribution in [0.3, 0.4) is 0 Å². The summed E-state index contributed by atoms with van der Waals surface area (Å²) in [6, 6.07) is 9.29. The molecular formula is C25H34N4O3. The molecule has 7 heteroatoms. The highest BCUT2D eigenvalue weighted by atomic mass is 16.5. The molecule has 0 aliphatic rings. The zero-order valence-corrected chi connectivity index (χ0v) is 19.8. The molecule has 2 heterocycles. The second-order valence-corrected chi connectivity index (χ2v) is 7.81. The summed E-state index contributed by atoms with van der Waals surface area (Å²) in [6.45, 7) is 8.55. The Morgan fingerprint density at radius 2 is 1.69 bits per heavy atom. The molecule has 3 aromatic rings. The van der Waals surface area contributed by atoms with Crippen LogP contribution in [0.5, 0.6) is 11.5 Å². The first-order valence-corrected chi connectivity index (χ1v) is 11.2. The molecule has 0 aliphatic carbocycles. The molecule has 0 atom stereocenters. The minimum Gasteiger partial charge on any atom is -0.497 e. The van der Waals surface area contributed by atoms with Gasteiger partial charge in [-0.25, -0.2) is 4.98 Å². The van der Waals surface area contributed by atoms with Gasteiger partial charge in [-0.2, -0.15) is 0 Å². The molecule has 0 radical (unpaired) electrons. The van der Waals surface area contributed by atoms with Crippen LogP contribution in [0.2, 0.25) is 0 Å². The third kappa shape index (κ3) is 5.40. The molecule has 1 N–H and O–H groups in total. The Labute approximate surface area is 190 Å². The van der Waals surface area contributed by atoms with Gasteiger partial charge in [0.1, 0.15) is 17.3 Å². The maximum atomic E-state index is 13.1. The van der Waals surface area contributed by atoms with Crippen LogP contribution in [0.25, 0.3) is 22.0 Å². The normalized spacial score (nSPS) is 11.2. The quantitative estimate of drug-likeness (QED) is 0.454. The number of rotatable bonds is 11. The van der Waals surface area contributed by atoms with E-state index < -0.39 is 0 Å². The van der Waals surface area contributed by atoms with Crippen molar-refractivity contribution in [2.24, 2.45) is 7.05 Å². The fourth-order valence-corrected chi connectivity index (χ4v) is 3.85. The van der Waals surface area contributed by atoms with Crippen molar-refractivity contribution < 1.29 is 9.47 Å². The Bertz CT molecular complexity index is 1080. The topological polar surface area (TPSA) is 68.6 Å². The standard InChI is InChI=1S/C25H34N4O3/c1-6-29(7-2)11-9-8-10-26-24-16-23-19(17-27-24)14-22(25(30)28(23)3)18-12-20(31-4)15-21(13-18)32-5/h12-17H,6-11H2,1-5H3,(H,26,27). The number of pyridine rings is 2. The molecule has 0 fully saturated rings. The van der Waals surface area contributed by atoms with Crippen LogP contribution in [-0.4, -0.2) is 54.8 Å². The molecule has 2 aromatic heterocycles. The maximum Gasteiger partial charge on any atom is 0.258 e. The summed E-state index contributed by atoms with van der Waals surface area (Å²) in [7, 11) is 4.98. The van der Waals surface area contributed by atoms with Gasteiger partial charge in [0.15, 0.2) is 0 Å². The molecule has 0 amide bonds. The molecule has 0 bridgehead atoms. The fourth-order valence-electron chi connectivity index (χ4n) is 3.85. The van der Waals surface area contributed by atoms with Crippen molar-refractivity contribution in [3.63, 3.8) is 0 Å². The third-order valence-corrected chi connectivity index (χ3v) is 5.87. The second kappa shape index (κ2) is 11.0. The van der Waals surface area contributed by atoms with Crippen molar-refractivity contribution in [2.75, 3.05) is 45.7 Å². The van der Waals surface area contributed by atoms with Gasteiger partial charge in [0.05, 0.1) is 19.7 Å². The summed E-state index contributed by atoms with van der Waals surface area (Å²) >= 11 is 0. The van der Waals surface area contributed by atoms with Gasteiger partial charge in [0, 0.05) is 42.9 Å². The number of benzene rings is 1. The summed E-state index contributed by atoms with van der Waals surface area (Å²) in [5, 5.41) is 4.29. The first-order chi connectivity index (χ1) is 15.5. The number of aryl methyl sites for hydroxylation is 1. The van der Waals surface area contributed by atoms with Crippen molar-refractivity contribution in [1.82, 2.24) is 14.5 Å². The van der Waals surface area contributed by atoms with Crippen molar-refractivity contribution in [1.29, 1.82) is 0 Å². The van der Waals surface area contributed by atoms with Gasteiger partial charge in [0.25, 0.3) is 5.56 Å². The van der Waals surface area contributed by atoms with E-state index in [4.69, 9.17) is 9.47 Å². The lowest BCUT2D eigenvalue weighted by atomic mass is 10.0. The van der Waals surface area contributed by atoms with Gasteiger partial charge in [-0.3, -0.25) is 4.79 Å². The molecule has 0 spiro atoms. The average molecular weight is 439 g/mol. The summed E-state index contributed by atoms with van der Waals surface area (Å²) in [4.78, 5) is 20.1. The Hall–Kier alpha value is -3.06. The van der Waals surface area contributed by atoms with Crippen LogP contribution in [0.4, 0.5) is 5.82 Å². The van der Waals surface area contributed by atoms with E-state index in [0.29, 0.717) is 17.1 Å². The minimum absolute atomic E-state index is 0.0795. The Morgan fingerprint density at radius 3 is 2.31 bits per heavy atom. The highest BCUT2D eigenvalue weighted by Crippen LogP contribution is 2.29. The van der Waals surface area contributed by atoms with Crippen LogP contribution >= 0.6 is 0 Å². The van der Waals surface area contributed by atoms with Crippen LogP contribution in [0.1, 0.15) is 26.7 Å². The van der Waals surface area contributed by atoms with Gasteiger partial charge in [0.2, 0.25) is 0 Å². The molecular weight excluding hydrogens is 404 g/mol. The maximum absolute atomic E-state index is 13.1. The van der Waals surface area contributed by atoms with Gasteiger partial charge in [-0.05, 0) is 56.2 Å².